The van der Waals surface area contributed by atoms with Crippen LogP contribution in [0, 0.1) is 5.92 Å². The first-order chi connectivity index (χ1) is 15.0. The Morgan fingerprint density at radius 3 is 2.19 bits per heavy atom. The first kappa shape index (κ1) is 25.6. The summed E-state index contributed by atoms with van der Waals surface area (Å²) in [5.41, 5.74) is -0.123. The second-order valence-electron chi connectivity index (χ2n) is 9.39. The molecule has 1 aromatic carbocycles. The first-order valence-corrected chi connectivity index (χ1v) is 11.1. The van der Waals surface area contributed by atoms with E-state index in [4.69, 9.17) is 18.9 Å². The highest BCUT2D eigenvalue weighted by molar-refractivity contribution is 5.98. The number of carbonyl (C=O) groups excluding carboxylic acids is 2. The summed E-state index contributed by atoms with van der Waals surface area (Å²) in [6, 6.07) is 3.32. The lowest BCUT2D eigenvalue weighted by Crippen LogP contribution is -2.48. The van der Waals surface area contributed by atoms with Crippen molar-refractivity contribution in [2.75, 3.05) is 41.0 Å². The molecule has 0 N–H and O–H groups in total. The van der Waals surface area contributed by atoms with E-state index in [1.165, 1.54) is 14.2 Å². The fourth-order valence-electron chi connectivity index (χ4n) is 3.86. The van der Waals surface area contributed by atoms with Gasteiger partial charge < -0.3 is 28.7 Å². The number of hydrogen-bond acceptors (Lipinski definition) is 6. The van der Waals surface area contributed by atoms with Gasteiger partial charge in [0.05, 0.1) is 26.9 Å². The molecule has 0 bridgehead atoms. The van der Waals surface area contributed by atoms with Gasteiger partial charge in [-0.2, -0.15) is 0 Å². The molecule has 1 fully saturated rings. The Morgan fingerprint density at radius 2 is 1.66 bits per heavy atom. The number of rotatable bonds is 7. The molecule has 2 amide bonds. The molecule has 180 valence electrons. The van der Waals surface area contributed by atoms with Crippen LogP contribution in [0.2, 0.25) is 0 Å². The smallest absolute Gasteiger partial charge is 0.410 e. The molecule has 1 aliphatic heterocycles. The van der Waals surface area contributed by atoms with Crippen LogP contribution < -0.4 is 14.2 Å². The van der Waals surface area contributed by atoms with Crippen molar-refractivity contribution in [3.05, 3.63) is 17.7 Å². The number of carbonyl (C=O) groups is 2. The molecule has 1 saturated heterocycles. The molecule has 1 heterocycles. The summed E-state index contributed by atoms with van der Waals surface area (Å²) < 4.78 is 21.7. The van der Waals surface area contributed by atoms with Crippen LogP contribution in [0.5, 0.6) is 17.2 Å². The second kappa shape index (κ2) is 10.8. The van der Waals surface area contributed by atoms with Crippen LogP contribution in [0.4, 0.5) is 4.79 Å². The van der Waals surface area contributed by atoms with Crippen molar-refractivity contribution in [2.24, 2.45) is 5.92 Å². The van der Waals surface area contributed by atoms with E-state index in [1.54, 1.807) is 24.1 Å². The second-order valence-corrected chi connectivity index (χ2v) is 9.39. The van der Waals surface area contributed by atoms with Gasteiger partial charge in [0.2, 0.25) is 0 Å². The van der Waals surface area contributed by atoms with Crippen molar-refractivity contribution in [3.63, 3.8) is 0 Å². The number of hydrogen-bond donors (Lipinski definition) is 0. The zero-order valence-electron chi connectivity index (χ0n) is 20.7. The van der Waals surface area contributed by atoms with Gasteiger partial charge in [0, 0.05) is 37.8 Å². The van der Waals surface area contributed by atoms with Gasteiger partial charge in [-0.05, 0) is 53.4 Å². The van der Waals surface area contributed by atoms with E-state index in [1.807, 2.05) is 39.5 Å². The van der Waals surface area contributed by atoms with Crippen molar-refractivity contribution in [1.29, 1.82) is 0 Å². The predicted octanol–water partition coefficient (Wildman–Crippen LogP) is 4.21. The summed E-state index contributed by atoms with van der Waals surface area (Å²) in [5, 5.41) is 0. The van der Waals surface area contributed by atoms with Crippen LogP contribution in [0.15, 0.2) is 12.1 Å². The largest absolute Gasteiger partial charge is 0.496 e. The molecule has 8 nitrogen and oxygen atoms in total. The minimum atomic E-state index is -0.553. The van der Waals surface area contributed by atoms with Gasteiger partial charge in [-0.3, -0.25) is 4.79 Å². The van der Waals surface area contributed by atoms with Crippen molar-refractivity contribution < 1.29 is 28.5 Å². The lowest BCUT2D eigenvalue weighted by Gasteiger charge is -2.37. The zero-order valence-corrected chi connectivity index (χ0v) is 20.7. The Bertz CT molecular complexity index is 802. The number of methoxy groups -OCH3 is 3. The maximum atomic E-state index is 13.4. The molecule has 32 heavy (non-hydrogen) atoms. The lowest BCUT2D eigenvalue weighted by molar-refractivity contribution is 0.0124. The summed E-state index contributed by atoms with van der Waals surface area (Å²) in [5.74, 6) is 1.45. The standard InChI is InChI=1S/C24H38N2O6/c1-16(2)26(23(28)32-24(3,4)5)15-17-10-9-11-25(14-17)22(27)18-12-20(30-7)21(31-8)13-19(18)29-6/h12-13,16-17H,9-11,14-15H2,1-8H3. The molecule has 0 spiro atoms. The molecular weight excluding hydrogens is 412 g/mol. The van der Waals surface area contributed by atoms with Crippen molar-refractivity contribution >= 4 is 12.0 Å². The van der Waals surface area contributed by atoms with Gasteiger partial charge >= 0.3 is 6.09 Å². The molecule has 1 unspecified atom stereocenters. The Hall–Kier alpha value is -2.64. The monoisotopic (exact) mass is 450 g/mol. The number of likely N-dealkylation sites (tertiary alicyclic amines) is 1. The Kier molecular flexibility index (Phi) is 8.64. The maximum Gasteiger partial charge on any atom is 0.410 e. The molecule has 1 atom stereocenters. The third-order valence-corrected chi connectivity index (χ3v) is 5.45. The summed E-state index contributed by atoms with van der Waals surface area (Å²) in [7, 11) is 4.60. The lowest BCUT2D eigenvalue weighted by atomic mass is 9.96. The van der Waals surface area contributed by atoms with Gasteiger partial charge in [-0.1, -0.05) is 0 Å². The average molecular weight is 451 g/mol. The molecule has 1 aliphatic rings. The molecule has 1 aromatic rings. The maximum absolute atomic E-state index is 13.4. The molecule has 0 aromatic heterocycles. The van der Waals surface area contributed by atoms with Crippen LogP contribution in [0.3, 0.4) is 0 Å². The van der Waals surface area contributed by atoms with E-state index < -0.39 is 5.60 Å². The van der Waals surface area contributed by atoms with E-state index in [9.17, 15) is 9.59 Å². The van der Waals surface area contributed by atoms with E-state index in [-0.39, 0.29) is 24.0 Å². The van der Waals surface area contributed by atoms with Gasteiger partial charge in [0.1, 0.15) is 11.4 Å². The van der Waals surface area contributed by atoms with Gasteiger partial charge in [-0.25, -0.2) is 4.79 Å². The van der Waals surface area contributed by atoms with Gasteiger partial charge in [0.25, 0.3) is 5.91 Å². The third kappa shape index (κ3) is 6.43. The topological polar surface area (TPSA) is 77.5 Å². The normalized spacial score (nSPS) is 16.5. The first-order valence-electron chi connectivity index (χ1n) is 11.1. The van der Waals surface area contributed by atoms with E-state index in [0.29, 0.717) is 42.4 Å². The number of nitrogens with zero attached hydrogens (tertiary/aromatic N) is 2. The summed E-state index contributed by atoms with van der Waals surface area (Å²) in [6.45, 7) is 11.3. The zero-order chi connectivity index (χ0) is 24.1. The summed E-state index contributed by atoms with van der Waals surface area (Å²) in [4.78, 5) is 29.7. The quantitative estimate of drug-likeness (QED) is 0.619. The van der Waals surface area contributed by atoms with Crippen LogP contribution >= 0.6 is 0 Å². The molecule has 2 rings (SSSR count). The minimum Gasteiger partial charge on any atom is -0.496 e. The molecule has 0 saturated carbocycles. The molecule has 8 heteroatoms. The SMILES string of the molecule is COc1cc(OC)c(C(=O)N2CCCC(CN(C(=O)OC(C)(C)C)C(C)C)C2)cc1OC. The third-order valence-electron chi connectivity index (χ3n) is 5.45. The highest BCUT2D eigenvalue weighted by Crippen LogP contribution is 2.35. The van der Waals surface area contributed by atoms with Crippen LogP contribution in [-0.2, 0) is 4.74 Å². The van der Waals surface area contributed by atoms with Crippen LogP contribution in [0.25, 0.3) is 0 Å². The molecule has 0 aliphatic carbocycles. The number of piperidine rings is 1. The number of amides is 2. The minimum absolute atomic E-state index is 0.00173. The highest BCUT2D eigenvalue weighted by Gasteiger charge is 2.31. The highest BCUT2D eigenvalue weighted by atomic mass is 16.6. The Balaban J connectivity index is 2.18. The van der Waals surface area contributed by atoms with E-state index in [2.05, 4.69) is 0 Å². The van der Waals surface area contributed by atoms with Crippen LogP contribution in [-0.4, -0.2) is 74.4 Å². The summed E-state index contributed by atoms with van der Waals surface area (Å²) in [6.07, 6.45) is 1.49. The molecule has 0 radical (unpaired) electrons. The number of benzene rings is 1. The van der Waals surface area contributed by atoms with Crippen LogP contribution in [0.1, 0.15) is 57.8 Å². The number of ether oxygens (including phenoxy) is 4. The van der Waals surface area contributed by atoms with Crippen molar-refractivity contribution in [2.45, 2.75) is 59.1 Å². The van der Waals surface area contributed by atoms with E-state index in [0.717, 1.165) is 12.8 Å². The average Bonchev–Trinajstić information content (AvgIpc) is 2.74. The van der Waals surface area contributed by atoms with Gasteiger partial charge in [-0.15, -0.1) is 0 Å². The van der Waals surface area contributed by atoms with Gasteiger partial charge in [0.15, 0.2) is 11.5 Å². The fourth-order valence-corrected chi connectivity index (χ4v) is 3.86. The predicted molar refractivity (Wildman–Crippen MR) is 123 cm³/mol. The molecular formula is C24H38N2O6. The summed E-state index contributed by atoms with van der Waals surface area (Å²) >= 11 is 0. The van der Waals surface area contributed by atoms with Crippen molar-refractivity contribution in [1.82, 2.24) is 9.80 Å². The fraction of sp³-hybridized carbons (Fsp3) is 0.667. The Labute approximate surface area is 191 Å². The van der Waals surface area contributed by atoms with Crippen molar-refractivity contribution in [3.8, 4) is 17.2 Å². The Morgan fingerprint density at radius 1 is 1.06 bits per heavy atom. The van der Waals surface area contributed by atoms with E-state index >= 15 is 0 Å².